The first-order chi connectivity index (χ1) is 6.27. The maximum absolute atomic E-state index is 5.68. The fraction of sp³-hybridized carbons (Fsp3) is 0.455. The van der Waals surface area contributed by atoms with Crippen LogP contribution < -0.4 is 0 Å². The highest BCUT2D eigenvalue weighted by atomic mass is 127. The number of hydrogen-bond acceptors (Lipinski definition) is 0. The maximum atomic E-state index is 5.68. The number of alkyl halides is 1. The Morgan fingerprint density at radius 3 is 2.69 bits per heavy atom. The summed E-state index contributed by atoms with van der Waals surface area (Å²) in [6, 6.07) is 6.67. The van der Waals surface area contributed by atoms with Crippen molar-refractivity contribution in [1.82, 2.24) is 0 Å². The molecule has 1 rings (SSSR count). The van der Waals surface area contributed by atoms with Gasteiger partial charge in [-0.05, 0) is 65.1 Å². The van der Waals surface area contributed by atoms with Crippen LogP contribution in [0.3, 0.4) is 0 Å². The van der Waals surface area contributed by atoms with Crippen LogP contribution in [-0.2, 0) is 12.8 Å². The van der Waals surface area contributed by atoms with E-state index < -0.39 is 0 Å². The van der Waals surface area contributed by atoms with Gasteiger partial charge >= 0.3 is 0 Å². The molecule has 0 aliphatic heterocycles. The van der Waals surface area contributed by atoms with E-state index in [-0.39, 0.29) is 0 Å². The van der Waals surface area contributed by atoms with Gasteiger partial charge < -0.3 is 0 Å². The minimum absolute atomic E-state index is 0.759. The third-order valence-electron chi connectivity index (χ3n) is 2.13. The molecule has 0 nitrogen and oxygen atoms in total. The van der Waals surface area contributed by atoms with Gasteiger partial charge in [0.25, 0.3) is 0 Å². The third kappa shape index (κ3) is 3.47. The summed E-state index contributed by atoms with van der Waals surface area (Å²) in [6.45, 7) is 2.20. The highest BCUT2D eigenvalue weighted by Crippen LogP contribution is 2.16. The Morgan fingerprint density at radius 1 is 1.31 bits per heavy atom. The van der Waals surface area contributed by atoms with Crippen molar-refractivity contribution in [3.8, 4) is 0 Å². The van der Waals surface area contributed by atoms with Crippen LogP contribution in [0.5, 0.6) is 0 Å². The number of rotatable bonds is 4. The number of benzene rings is 1. The van der Waals surface area contributed by atoms with Crippen molar-refractivity contribution in [3.05, 3.63) is 32.9 Å². The zero-order valence-corrected chi connectivity index (χ0v) is 10.7. The quantitative estimate of drug-likeness (QED) is 0.582. The molecule has 0 amide bonds. The van der Waals surface area contributed by atoms with Crippen molar-refractivity contribution in [2.75, 3.05) is 5.88 Å². The van der Waals surface area contributed by atoms with Gasteiger partial charge in [-0.25, -0.2) is 0 Å². The van der Waals surface area contributed by atoms with Gasteiger partial charge in [0.15, 0.2) is 0 Å². The zero-order valence-electron chi connectivity index (χ0n) is 7.82. The van der Waals surface area contributed by atoms with Crippen molar-refractivity contribution >= 4 is 34.2 Å². The molecule has 0 aliphatic carbocycles. The Balaban J connectivity index is 2.81. The van der Waals surface area contributed by atoms with Gasteiger partial charge in [-0.3, -0.25) is 0 Å². The number of aryl methyl sites for hydroxylation is 2. The molecular formula is C11H14ClI. The first kappa shape index (κ1) is 11.3. The molecule has 0 spiro atoms. The maximum Gasteiger partial charge on any atom is 0.0226 e. The summed E-state index contributed by atoms with van der Waals surface area (Å²) in [6.07, 6.45) is 3.31. The van der Waals surface area contributed by atoms with Gasteiger partial charge in [0.05, 0.1) is 0 Å². The van der Waals surface area contributed by atoms with Crippen LogP contribution in [0.2, 0.25) is 0 Å². The summed E-state index contributed by atoms with van der Waals surface area (Å²) >= 11 is 8.04. The van der Waals surface area contributed by atoms with Crippen LogP contribution >= 0.6 is 34.2 Å². The first-order valence-corrected chi connectivity index (χ1v) is 6.22. The molecule has 0 heterocycles. The SMILES string of the molecule is CCc1ccc(I)cc1CCCCl. The minimum Gasteiger partial charge on any atom is -0.127 e. The molecule has 0 radical (unpaired) electrons. The molecule has 0 fully saturated rings. The fourth-order valence-electron chi connectivity index (χ4n) is 1.43. The molecule has 13 heavy (non-hydrogen) atoms. The average Bonchev–Trinajstić information content (AvgIpc) is 2.15. The van der Waals surface area contributed by atoms with E-state index in [2.05, 4.69) is 47.7 Å². The highest BCUT2D eigenvalue weighted by molar-refractivity contribution is 14.1. The van der Waals surface area contributed by atoms with E-state index in [0.717, 1.165) is 25.1 Å². The van der Waals surface area contributed by atoms with E-state index in [9.17, 15) is 0 Å². The smallest absolute Gasteiger partial charge is 0.0226 e. The second-order valence-electron chi connectivity index (χ2n) is 3.06. The summed E-state index contributed by atoms with van der Waals surface area (Å²) < 4.78 is 1.32. The first-order valence-electron chi connectivity index (χ1n) is 4.61. The van der Waals surface area contributed by atoms with Gasteiger partial charge in [-0.1, -0.05) is 13.0 Å². The molecule has 0 saturated heterocycles. The second-order valence-corrected chi connectivity index (χ2v) is 4.68. The van der Waals surface area contributed by atoms with Gasteiger partial charge in [0.1, 0.15) is 0 Å². The van der Waals surface area contributed by atoms with E-state index in [0.29, 0.717) is 0 Å². The summed E-state index contributed by atoms with van der Waals surface area (Å²) in [4.78, 5) is 0. The van der Waals surface area contributed by atoms with Crippen LogP contribution in [0.25, 0.3) is 0 Å². The van der Waals surface area contributed by atoms with Crippen LogP contribution in [0.1, 0.15) is 24.5 Å². The van der Waals surface area contributed by atoms with Crippen LogP contribution in [0.4, 0.5) is 0 Å². The summed E-state index contributed by atoms with van der Waals surface area (Å²) in [7, 11) is 0. The molecule has 1 aromatic carbocycles. The van der Waals surface area contributed by atoms with Crippen molar-refractivity contribution in [2.24, 2.45) is 0 Å². The number of hydrogen-bond donors (Lipinski definition) is 0. The van der Waals surface area contributed by atoms with E-state index in [1.54, 1.807) is 0 Å². The van der Waals surface area contributed by atoms with Crippen LogP contribution in [-0.4, -0.2) is 5.88 Å². The molecule has 0 unspecified atom stereocenters. The molecule has 1 aromatic rings. The van der Waals surface area contributed by atoms with Gasteiger partial charge in [-0.2, -0.15) is 0 Å². The molecule has 0 bridgehead atoms. The molecule has 0 atom stereocenters. The Labute approximate surface area is 98.8 Å². The van der Waals surface area contributed by atoms with E-state index in [4.69, 9.17) is 11.6 Å². The van der Waals surface area contributed by atoms with Crippen LogP contribution in [0, 0.1) is 3.57 Å². The number of halogens is 2. The lowest BCUT2D eigenvalue weighted by atomic mass is 10.0. The minimum atomic E-state index is 0.759. The largest absolute Gasteiger partial charge is 0.127 e. The summed E-state index contributed by atoms with van der Waals surface area (Å²) in [5, 5.41) is 0. The Kier molecular flexibility index (Phi) is 5.10. The summed E-state index contributed by atoms with van der Waals surface area (Å²) in [5.41, 5.74) is 2.93. The van der Waals surface area contributed by atoms with Crippen molar-refractivity contribution in [2.45, 2.75) is 26.2 Å². The topological polar surface area (TPSA) is 0 Å². The predicted octanol–water partition coefficient (Wildman–Crippen LogP) is 4.03. The lowest BCUT2D eigenvalue weighted by Gasteiger charge is -2.07. The van der Waals surface area contributed by atoms with Gasteiger partial charge in [0.2, 0.25) is 0 Å². The Hall–Kier alpha value is 0.240. The molecular weight excluding hydrogens is 294 g/mol. The lowest BCUT2D eigenvalue weighted by Crippen LogP contribution is -1.94. The molecule has 0 aliphatic rings. The standard InChI is InChI=1S/C11H14ClI/c1-2-9-5-6-11(13)8-10(9)4-3-7-12/h5-6,8H,2-4,7H2,1H3. The molecule has 0 aromatic heterocycles. The Morgan fingerprint density at radius 2 is 2.08 bits per heavy atom. The lowest BCUT2D eigenvalue weighted by molar-refractivity contribution is 0.904. The third-order valence-corrected chi connectivity index (χ3v) is 3.07. The van der Waals surface area contributed by atoms with Gasteiger partial charge in [0, 0.05) is 9.45 Å². The second kappa shape index (κ2) is 5.86. The van der Waals surface area contributed by atoms with Crippen molar-refractivity contribution in [1.29, 1.82) is 0 Å². The Bertz CT molecular complexity index is 271. The summed E-state index contributed by atoms with van der Waals surface area (Å²) in [5.74, 6) is 0.759. The predicted molar refractivity (Wildman–Crippen MR) is 67.6 cm³/mol. The van der Waals surface area contributed by atoms with Crippen molar-refractivity contribution in [3.63, 3.8) is 0 Å². The highest BCUT2D eigenvalue weighted by Gasteiger charge is 2.00. The van der Waals surface area contributed by atoms with Gasteiger partial charge in [-0.15, -0.1) is 11.6 Å². The van der Waals surface area contributed by atoms with Crippen LogP contribution in [0.15, 0.2) is 18.2 Å². The van der Waals surface area contributed by atoms with E-state index in [1.165, 1.54) is 14.7 Å². The van der Waals surface area contributed by atoms with E-state index in [1.807, 2.05) is 0 Å². The normalized spacial score (nSPS) is 10.4. The molecule has 72 valence electrons. The molecule has 0 saturated carbocycles. The fourth-order valence-corrected chi connectivity index (χ4v) is 2.12. The molecule has 2 heteroatoms. The average molecular weight is 309 g/mol. The molecule has 0 N–H and O–H groups in total. The monoisotopic (exact) mass is 308 g/mol. The zero-order chi connectivity index (χ0) is 9.68. The van der Waals surface area contributed by atoms with Crippen molar-refractivity contribution < 1.29 is 0 Å². The van der Waals surface area contributed by atoms with E-state index >= 15 is 0 Å².